The van der Waals surface area contributed by atoms with Crippen LogP contribution in [0.3, 0.4) is 0 Å². The van der Waals surface area contributed by atoms with Gasteiger partial charge in [0.15, 0.2) is 0 Å². The highest BCUT2D eigenvalue weighted by molar-refractivity contribution is 5.83. The van der Waals surface area contributed by atoms with Crippen LogP contribution in [0.25, 0.3) is 0 Å². The number of nitrogens with zero attached hydrogens (tertiary/aromatic N) is 3. The van der Waals surface area contributed by atoms with E-state index in [4.69, 9.17) is 5.11 Å². The zero-order chi connectivity index (χ0) is 12.8. The molecule has 1 amide bonds. The second-order valence-electron chi connectivity index (χ2n) is 4.18. The van der Waals surface area contributed by atoms with E-state index in [1.165, 1.54) is 17.3 Å². The molecule has 7 nitrogen and oxygen atoms in total. The molecule has 7 heteroatoms. The highest BCUT2D eigenvalue weighted by Crippen LogP contribution is 2.04. The summed E-state index contributed by atoms with van der Waals surface area (Å²) in [5, 5.41) is 15.2. The lowest BCUT2D eigenvalue weighted by molar-refractivity contribution is -0.142. The van der Waals surface area contributed by atoms with Gasteiger partial charge in [0.1, 0.15) is 25.2 Å². The van der Waals surface area contributed by atoms with Gasteiger partial charge < -0.3 is 10.4 Å². The zero-order valence-electron chi connectivity index (χ0n) is 9.83. The van der Waals surface area contributed by atoms with Crippen LogP contribution < -0.4 is 5.32 Å². The van der Waals surface area contributed by atoms with E-state index in [0.29, 0.717) is 6.42 Å². The number of aliphatic carboxylic acids is 1. The summed E-state index contributed by atoms with van der Waals surface area (Å²) < 4.78 is 1.34. The Morgan fingerprint density at radius 3 is 2.65 bits per heavy atom. The topological polar surface area (TPSA) is 97.1 Å². The van der Waals surface area contributed by atoms with Gasteiger partial charge in [-0.25, -0.2) is 14.5 Å². The van der Waals surface area contributed by atoms with Crippen LogP contribution >= 0.6 is 0 Å². The summed E-state index contributed by atoms with van der Waals surface area (Å²) in [4.78, 5) is 26.2. The molecule has 1 aromatic heterocycles. The van der Waals surface area contributed by atoms with E-state index in [2.05, 4.69) is 15.4 Å². The highest BCUT2D eigenvalue weighted by atomic mass is 16.4. The molecule has 0 aliphatic heterocycles. The van der Waals surface area contributed by atoms with Gasteiger partial charge >= 0.3 is 5.97 Å². The first-order valence-electron chi connectivity index (χ1n) is 5.33. The van der Waals surface area contributed by atoms with Crippen molar-refractivity contribution in [3.05, 3.63) is 12.7 Å². The maximum absolute atomic E-state index is 11.5. The lowest BCUT2D eigenvalue weighted by Gasteiger charge is -2.16. The Hall–Kier alpha value is -1.92. The fourth-order valence-corrected chi connectivity index (χ4v) is 1.39. The lowest BCUT2D eigenvalue weighted by atomic mass is 10.0. The zero-order valence-corrected chi connectivity index (χ0v) is 9.83. The minimum absolute atomic E-state index is 0.0259. The molecule has 1 heterocycles. The number of nitrogens with one attached hydrogen (secondary N) is 1. The third kappa shape index (κ3) is 4.62. The molecular formula is C10H16N4O3. The second kappa shape index (κ2) is 5.97. The quantitative estimate of drug-likeness (QED) is 0.723. The van der Waals surface area contributed by atoms with Crippen LogP contribution in [-0.4, -0.2) is 37.8 Å². The lowest BCUT2D eigenvalue weighted by Crippen LogP contribution is -2.43. The average molecular weight is 240 g/mol. The number of amides is 1. The molecule has 0 aliphatic carbocycles. The van der Waals surface area contributed by atoms with Gasteiger partial charge in [0.25, 0.3) is 0 Å². The minimum atomic E-state index is -1.02. The number of hydrogen-bond donors (Lipinski definition) is 2. The van der Waals surface area contributed by atoms with E-state index in [9.17, 15) is 9.59 Å². The van der Waals surface area contributed by atoms with Gasteiger partial charge in [0.2, 0.25) is 5.91 Å². The van der Waals surface area contributed by atoms with E-state index in [0.717, 1.165) is 0 Å². The number of aromatic nitrogens is 3. The molecule has 1 aromatic rings. The Balaban J connectivity index is 2.49. The largest absolute Gasteiger partial charge is 0.480 e. The van der Waals surface area contributed by atoms with Crippen molar-refractivity contribution >= 4 is 11.9 Å². The van der Waals surface area contributed by atoms with E-state index in [1.807, 2.05) is 13.8 Å². The van der Waals surface area contributed by atoms with Crippen LogP contribution in [0.1, 0.15) is 20.3 Å². The van der Waals surface area contributed by atoms with Crippen LogP contribution in [0.5, 0.6) is 0 Å². The van der Waals surface area contributed by atoms with Gasteiger partial charge in [0.05, 0.1) is 0 Å². The van der Waals surface area contributed by atoms with Crippen molar-refractivity contribution in [2.45, 2.75) is 32.9 Å². The smallest absolute Gasteiger partial charge is 0.326 e. The Morgan fingerprint density at radius 1 is 1.47 bits per heavy atom. The summed E-state index contributed by atoms with van der Waals surface area (Å²) in [5.41, 5.74) is 0. The molecule has 0 bridgehead atoms. The first-order chi connectivity index (χ1) is 7.99. The number of carboxylic acids is 1. The van der Waals surface area contributed by atoms with Crippen molar-refractivity contribution in [2.75, 3.05) is 0 Å². The van der Waals surface area contributed by atoms with Crippen molar-refractivity contribution in [2.24, 2.45) is 5.92 Å². The molecule has 17 heavy (non-hydrogen) atoms. The van der Waals surface area contributed by atoms with Gasteiger partial charge in [-0.2, -0.15) is 5.10 Å². The van der Waals surface area contributed by atoms with Crippen molar-refractivity contribution in [1.29, 1.82) is 0 Å². The maximum atomic E-state index is 11.5. The highest BCUT2D eigenvalue weighted by Gasteiger charge is 2.21. The summed E-state index contributed by atoms with van der Waals surface area (Å²) in [6.07, 6.45) is 3.12. The van der Waals surface area contributed by atoms with Gasteiger partial charge in [0, 0.05) is 0 Å². The standard InChI is InChI=1S/C10H16N4O3/c1-7(2)3-8(10(16)17)13-9(15)4-14-6-11-5-12-14/h5-8H,3-4H2,1-2H3,(H,13,15)(H,16,17). The predicted octanol–water partition coefficient (Wildman–Crippen LogP) is -0.106. The van der Waals surface area contributed by atoms with Crippen LogP contribution in [0.2, 0.25) is 0 Å². The van der Waals surface area contributed by atoms with E-state index in [1.54, 1.807) is 0 Å². The molecular weight excluding hydrogens is 224 g/mol. The molecule has 0 fully saturated rings. The normalized spacial score (nSPS) is 12.4. The fraction of sp³-hybridized carbons (Fsp3) is 0.600. The summed E-state index contributed by atoms with van der Waals surface area (Å²) >= 11 is 0. The fourth-order valence-electron chi connectivity index (χ4n) is 1.39. The maximum Gasteiger partial charge on any atom is 0.326 e. The van der Waals surface area contributed by atoms with Gasteiger partial charge in [-0.15, -0.1) is 0 Å². The molecule has 0 saturated carbocycles. The van der Waals surface area contributed by atoms with Crippen molar-refractivity contribution < 1.29 is 14.7 Å². The van der Waals surface area contributed by atoms with E-state index < -0.39 is 12.0 Å². The van der Waals surface area contributed by atoms with Crippen LogP contribution in [0.15, 0.2) is 12.7 Å². The van der Waals surface area contributed by atoms with E-state index in [-0.39, 0.29) is 18.4 Å². The average Bonchev–Trinajstić information content (AvgIpc) is 2.68. The first-order valence-corrected chi connectivity index (χ1v) is 5.33. The molecule has 0 radical (unpaired) electrons. The molecule has 0 aromatic carbocycles. The number of hydrogen-bond acceptors (Lipinski definition) is 4. The molecule has 1 unspecified atom stereocenters. The molecule has 0 saturated heterocycles. The Bertz CT molecular complexity index is 375. The Morgan fingerprint density at radius 2 is 2.18 bits per heavy atom. The second-order valence-corrected chi connectivity index (χ2v) is 4.18. The number of carbonyl (C=O) groups is 2. The van der Waals surface area contributed by atoms with Gasteiger partial charge in [-0.1, -0.05) is 13.8 Å². The number of rotatable bonds is 6. The third-order valence-corrected chi connectivity index (χ3v) is 2.11. The van der Waals surface area contributed by atoms with Gasteiger partial charge in [-0.05, 0) is 12.3 Å². The summed E-state index contributed by atoms with van der Waals surface area (Å²) in [5.74, 6) is -1.21. The van der Waals surface area contributed by atoms with Crippen LogP contribution in [-0.2, 0) is 16.1 Å². The minimum Gasteiger partial charge on any atom is -0.480 e. The molecule has 0 aliphatic rings. The Labute approximate surface area is 98.8 Å². The van der Waals surface area contributed by atoms with Gasteiger partial charge in [-0.3, -0.25) is 4.79 Å². The molecule has 0 spiro atoms. The Kier molecular flexibility index (Phi) is 4.62. The first kappa shape index (κ1) is 13.1. The summed E-state index contributed by atoms with van der Waals surface area (Å²) in [6, 6.07) is -0.856. The molecule has 1 rings (SSSR count). The summed E-state index contributed by atoms with van der Waals surface area (Å²) in [7, 11) is 0. The summed E-state index contributed by atoms with van der Waals surface area (Å²) in [6.45, 7) is 3.78. The third-order valence-electron chi connectivity index (χ3n) is 2.11. The predicted molar refractivity (Wildman–Crippen MR) is 59.0 cm³/mol. The van der Waals surface area contributed by atoms with Crippen molar-refractivity contribution in [3.63, 3.8) is 0 Å². The molecule has 94 valence electrons. The molecule has 2 N–H and O–H groups in total. The number of carboxylic acid groups (broad SMARTS) is 1. The monoisotopic (exact) mass is 240 g/mol. The van der Waals surface area contributed by atoms with Crippen molar-refractivity contribution in [3.8, 4) is 0 Å². The van der Waals surface area contributed by atoms with Crippen molar-refractivity contribution in [1.82, 2.24) is 20.1 Å². The SMILES string of the molecule is CC(C)CC(NC(=O)Cn1cncn1)C(=O)O. The van der Waals surface area contributed by atoms with E-state index >= 15 is 0 Å². The molecule has 1 atom stereocenters. The number of carbonyl (C=O) groups excluding carboxylic acids is 1. The van der Waals surface area contributed by atoms with Crippen LogP contribution in [0, 0.1) is 5.92 Å². The van der Waals surface area contributed by atoms with Crippen LogP contribution in [0.4, 0.5) is 0 Å².